The van der Waals surface area contributed by atoms with Crippen LogP contribution in [0.25, 0.3) is 11.5 Å². The first-order valence-electron chi connectivity index (χ1n) is 6.67. The van der Waals surface area contributed by atoms with E-state index in [0.717, 1.165) is 31.5 Å². The second-order valence-corrected chi connectivity index (χ2v) is 4.49. The van der Waals surface area contributed by atoms with Gasteiger partial charge < -0.3 is 9.73 Å². The Morgan fingerprint density at radius 3 is 2.65 bits per heavy atom. The highest BCUT2D eigenvalue weighted by molar-refractivity contribution is 5.52. The Balaban J connectivity index is 2.20. The van der Waals surface area contributed by atoms with E-state index in [0.29, 0.717) is 11.5 Å². The molecular weight excluding hydrogens is 264 g/mol. The van der Waals surface area contributed by atoms with Gasteiger partial charge in [0.1, 0.15) is 0 Å². The van der Waals surface area contributed by atoms with Gasteiger partial charge in [-0.1, -0.05) is 13.8 Å². The zero-order chi connectivity index (χ0) is 14.5. The van der Waals surface area contributed by atoms with E-state index in [4.69, 9.17) is 4.42 Å². The summed E-state index contributed by atoms with van der Waals surface area (Å²) in [4.78, 5) is 0. The second kappa shape index (κ2) is 6.56. The molecule has 2 aromatic rings. The minimum atomic E-state index is -0.932. The summed E-state index contributed by atoms with van der Waals surface area (Å²) in [7, 11) is 0. The Hall–Kier alpha value is -1.82. The van der Waals surface area contributed by atoms with Gasteiger partial charge in [-0.15, -0.1) is 10.2 Å². The molecule has 0 aliphatic heterocycles. The largest absolute Gasteiger partial charge is 0.419 e. The van der Waals surface area contributed by atoms with E-state index < -0.39 is 11.6 Å². The average molecular weight is 281 g/mol. The maximum atomic E-state index is 13.2. The van der Waals surface area contributed by atoms with Crippen LogP contribution in [0, 0.1) is 11.6 Å². The normalized spacial score (nSPS) is 12.6. The third kappa shape index (κ3) is 3.19. The first-order chi connectivity index (χ1) is 9.65. The summed E-state index contributed by atoms with van der Waals surface area (Å²) in [5, 5.41) is 11.2. The van der Waals surface area contributed by atoms with Gasteiger partial charge in [-0.3, -0.25) is 0 Å². The molecule has 0 spiro atoms. The van der Waals surface area contributed by atoms with Crippen molar-refractivity contribution >= 4 is 0 Å². The van der Waals surface area contributed by atoms with Crippen molar-refractivity contribution in [3.05, 3.63) is 35.7 Å². The molecule has 1 atom stereocenters. The highest BCUT2D eigenvalue weighted by atomic mass is 19.2. The van der Waals surface area contributed by atoms with Gasteiger partial charge in [0.25, 0.3) is 0 Å². The molecular formula is C14H17F2N3O. The summed E-state index contributed by atoms with van der Waals surface area (Å²) in [6.07, 6.45) is 1.81. The van der Waals surface area contributed by atoms with Crippen molar-refractivity contribution in [1.82, 2.24) is 15.5 Å². The van der Waals surface area contributed by atoms with Crippen LogP contribution in [0.2, 0.25) is 0 Å². The van der Waals surface area contributed by atoms with E-state index in [1.807, 2.05) is 6.92 Å². The lowest BCUT2D eigenvalue weighted by Crippen LogP contribution is -2.21. The molecule has 0 saturated carbocycles. The van der Waals surface area contributed by atoms with Crippen molar-refractivity contribution in [2.45, 2.75) is 32.7 Å². The molecule has 1 N–H and O–H groups in total. The predicted molar refractivity (Wildman–Crippen MR) is 71.0 cm³/mol. The monoisotopic (exact) mass is 281 g/mol. The van der Waals surface area contributed by atoms with Crippen molar-refractivity contribution < 1.29 is 13.2 Å². The highest BCUT2D eigenvalue weighted by Crippen LogP contribution is 2.23. The van der Waals surface area contributed by atoms with Gasteiger partial charge >= 0.3 is 0 Å². The van der Waals surface area contributed by atoms with E-state index in [9.17, 15) is 8.78 Å². The minimum Gasteiger partial charge on any atom is -0.419 e. The van der Waals surface area contributed by atoms with Gasteiger partial charge in [0.05, 0.1) is 6.04 Å². The smallest absolute Gasteiger partial charge is 0.247 e. The SMILES string of the molecule is CCCNC(CC)c1nnc(-c2ccc(F)c(F)c2)o1. The molecule has 2 rings (SSSR count). The molecule has 1 unspecified atom stereocenters. The summed E-state index contributed by atoms with van der Waals surface area (Å²) in [6, 6.07) is 3.48. The summed E-state index contributed by atoms with van der Waals surface area (Å²) in [5.74, 6) is -1.18. The van der Waals surface area contributed by atoms with Gasteiger partial charge in [-0.05, 0) is 37.6 Å². The van der Waals surface area contributed by atoms with Crippen LogP contribution in [-0.4, -0.2) is 16.7 Å². The predicted octanol–water partition coefficient (Wildman–Crippen LogP) is 3.47. The number of hydrogen-bond acceptors (Lipinski definition) is 4. The maximum absolute atomic E-state index is 13.2. The Kier molecular flexibility index (Phi) is 4.79. The number of rotatable bonds is 6. The number of aromatic nitrogens is 2. The molecule has 108 valence electrons. The summed E-state index contributed by atoms with van der Waals surface area (Å²) < 4.78 is 31.6. The van der Waals surface area contributed by atoms with Gasteiger partial charge in [0, 0.05) is 5.56 Å². The summed E-state index contributed by atoms with van der Waals surface area (Å²) in [6.45, 7) is 4.93. The van der Waals surface area contributed by atoms with Crippen molar-refractivity contribution in [2.24, 2.45) is 0 Å². The lowest BCUT2D eigenvalue weighted by atomic mass is 10.2. The van der Waals surface area contributed by atoms with Gasteiger partial charge in [0.15, 0.2) is 11.6 Å². The highest BCUT2D eigenvalue weighted by Gasteiger charge is 2.17. The van der Waals surface area contributed by atoms with Crippen LogP contribution in [-0.2, 0) is 0 Å². The second-order valence-electron chi connectivity index (χ2n) is 4.49. The van der Waals surface area contributed by atoms with Crippen molar-refractivity contribution in [2.75, 3.05) is 6.54 Å². The molecule has 0 aliphatic carbocycles. The Bertz CT molecular complexity index is 571. The standard InChI is InChI=1S/C14H17F2N3O/c1-3-7-17-12(4-2)14-19-18-13(20-14)9-5-6-10(15)11(16)8-9/h5-6,8,12,17H,3-4,7H2,1-2H3. The molecule has 0 amide bonds. The number of benzene rings is 1. The van der Waals surface area contributed by atoms with E-state index in [2.05, 4.69) is 22.4 Å². The molecule has 0 radical (unpaired) electrons. The molecule has 0 fully saturated rings. The molecule has 0 bridgehead atoms. The van der Waals surface area contributed by atoms with Crippen LogP contribution in [0.3, 0.4) is 0 Å². The van der Waals surface area contributed by atoms with Crippen LogP contribution in [0.15, 0.2) is 22.6 Å². The number of nitrogens with one attached hydrogen (secondary N) is 1. The molecule has 0 saturated heterocycles. The van der Waals surface area contributed by atoms with Gasteiger partial charge in [-0.2, -0.15) is 0 Å². The Morgan fingerprint density at radius 2 is 2.00 bits per heavy atom. The van der Waals surface area contributed by atoms with E-state index in [1.165, 1.54) is 6.07 Å². The van der Waals surface area contributed by atoms with E-state index in [1.54, 1.807) is 0 Å². The van der Waals surface area contributed by atoms with Crippen molar-refractivity contribution in [3.63, 3.8) is 0 Å². The van der Waals surface area contributed by atoms with Crippen LogP contribution >= 0.6 is 0 Å². The fourth-order valence-electron chi connectivity index (χ4n) is 1.85. The lowest BCUT2D eigenvalue weighted by molar-refractivity contribution is 0.396. The third-order valence-electron chi connectivity index (χ3n) is 2.95. The van der Waals surface area contributed by atoms with E-state index in [-0.39, 0.29) is 11.9 Å². The molecule has 1 aromatic carbocycles. The first kappa shape index (κ1) is 14.6. The first-order valence-corrected chi connectivity index (χ1v) is 6.67. The molecule has 0 aliphatic rings. The lowest BCUT2D eigenvalue weighted by Gasteiger charge is -2.11. The Morgan fingerprint density at radius 1 is 1.20 bits per heavy atom. The quantitative estimate of drug-likeness (QED) is 0.881. The molecule has 1 heterocycles. The molecule has 1 aromatic heterocycles. The summed E-state index contributed by atoms with van der Waals surface area (Å²) in [5.41, 5.74) is 0.369. The van der Waals surface area contributed by atoms with E-state index >= 15 is 0 Å². The van der Waals surface area contributed by atoms with Gasteiger partial charge in [0.2, 0.25) is 11.8 Å². The Labute approximate surface area is 116 Å². The zero-order valence-corrected chi connectivity index (χ0v) is 11.5. The fraction of sp³-hybridized carbons (Fsp3) is 0.429. The molecule has 4 nitrogen and oxygen atoms in total. The van der Waals surface area contributed by atoms with Crippen molar-refractivity contribution in [3.8, 4) is 11.5 Å². The minimum absolute atomic E-state index is 0.0264. The number of halogens is 2. The zero-order valence-electron chi connectivity index (χ0n) is 11.5. The number of hydrogen-bond donors (Lipinski definition) is 1. The average Bonchev–Trinajstić information content (AvgIpc) is 2.92. The number of nitrogens with zero attached hydrogens (tertiary/aromatic N) is 2. The van der Waals surface area contributed by atoms with Crippen LogP contribution in [0.5, 0.6) is 0 Å². The molecule has 6 heteroatoms. The molecule has 20 heavy (non-hydrogen) atoms. The summed E-state index contributed by atoms with van der Waals surface area (Å²) >= 11 is 0. The van der Waals surface area contributed by atoms with Crippen LogP contribution in [0.4, 0.5) is 8.78 Å². The van der Waals surface area contributed by atoms with Crippen molar-refractivity contribution in [1.29, 1.82) is 0 Å². The van der Waals surface area contributed by atoms with Gasteiger partial charge in [-0.25, -0.2) is 8.78 Å². The fourth-order valence-corrected chi connectivity index (χ4v) is 1.85. The topological polar surface area (TPSA) is 51.0 Å². The third-order valence-corrected chi connectivity index (χ3v) is 2.95. The van der Waals surface area contributed by atoms with Crippen LogP contribution in [0.1, 0.15) is 38.6 Å². The van der Waals surface area contributed by atoms with Crippen LogP contribution < -0.4 is 5.32 Å². The maximum Gasteiger partial charge on any atom is 0.247 e.